The lowest BCUT2D eigenvalue weighted by Crippen LogP contribution is -2.16. The minimum Gasteiger partial charge on any atom is -0.495 e. The number of benzene rings is 3. The lowest BCUT2D eigenvalue weighted by atomic mass is 10.1. The molecule has 0 aliphatic rings. The number of nitrogen functional groups attached to an aromatic ring is 1. The first-order chi connectivity index (χ1) is 17.0. The van der Waals surface area contributed by atoms with Gasteiger partial charge in [-0.2, -0.15) is 15.0 Å². The largest absolute Gasteiger partial charge is 0.495 e. The van der Waals surface area contributed by atoms with Crippen LogP contribution in [0.2, 0.25) is 0 Å². The van der Waals surface area contributed by atoms with Gasteiger partial charge in [-0.05, 0) is 36.4 Å². The molecule has 0 atom stereocenters. The maximum absolute atomic E-state index is 12.8. The average molecular weight is 470 g/mol. The summed E-state index contributed by atoms with van der Waals surface area (Å²) in [5.74, 6) is -0.138. The summed E-state index contributed by atoms with van der Waals surface area (Å²) in [6.45, 7) is -0.257. The zero-order chi connectivity index (χ0) is 24.6. The molecule has 0 saturated heterocycles. The number of hydrogen-bond donors (Lipinski definition) is 3. The van der Waals surface area contributed by atoms with Gasteiger partial charge in [0, 0.05) is 5.56 Å². The molecule has 35 heavy (non-hydrogen) atoms. The summed E-state index contributed by atoms with van der Waals surface area (Å²) < 4.78 is 10.7. The summed E-state index contributed by atoms with van der Waals surface area (Å²) in [6, 6.07) is 22.5. The molecule has 0 bridgehead atoms. The van der Waals surface area contributed by atoms with Crippen molar-refractivity contribution in [1.29, 1.82) is 0 Å². The van der Waals surface area contributed by atoms with E-state index in [0.717, 1.165) is 0 Å². The van der Waals surface area contributed by atoms with E-state index in [2.05, 4.69) is 25.6 Å². The molecular weight excluding hydrogens is 448 g/mol. The van der Waals surface area contributed by atoms with Crippen LogP contribution in [0.25, 0.3) is 0 Å². The normalized spacial score (nSPS) is 10.3. The molecule has 10 heteroatoms. The van der Waals surface area contributed by atoms with E-state index in [-0.39, 0.29) is 35.8 Å². The van der Waals surface area contributed by atoms with Gasteiger partial charge in [-0.1, -0.05) is 42.5 Å². The molecule has 0 unspecified atom stereocenters. The molecule has 3 aromatic carbocycles. The molecule has 0 spiro atoms. The van der Waals surface area contributed by atoms with E-state index in [1.165, 1.54) is 0 Å². The Kier molecular flexibility index (Phi) is 7.12. The van der Waals surface area contributed by atoms with Crippen molar-refractivity contribution in [2.24, 2.45) is 0 Å². The minimum atomic E-state index is -0.660. The molecular formula is C25H22N6O4. The Bertz CT molecular complexity index is 1350. The van der Waals surface area contributed by atoms with Crippen molar-refractivity contribution >= 4 is 35.1 Å². The Hall–Kier alpha value is -4.99. The molecule has 1 heterocycles. The molecule has 0 fully saturated rings. The highest BCUT2D eigenvalue weighted by Crippen LogP contribution is 2.25. The lowest BCUT2D eigenvalue weighted by molar-refractivity contribution is 0.0463. The smallest absolute Gasteiger partial charge is 0.340 e. The highest BCUT2D eigenvalue weighted by atomic mass is 16.5. The van der Waals surface area contributed by atoms with Gasteiger partial charge >= 0.3 is 5.97 Å². The number of carbonyl (C=O) groups excluding carboxylic acids is 2. The number of hydrogen-bond acceptors (Lipinski definition) is 9. The van der Waals surface area contributed by atoms with Crippen molar-refractivity contribution in [3.63, 3.8) is 0 Å². The van der Waals surface area contributed by atoms with Gasteiger partial charge in [0.1, 0.15) is 5.75 Å². The molecule has 4 aromatic rings. The van der Waals surface area contributed by atoms with Crippen LogP contribution in [0.5, 0.6) is 5.75 Å². The number of nitrogens with two attached hydrogens (primary N) is 1. The van der Waals surface area contributed by atoms with E-state index in [1.54, 1.807) is 67.8 Å². The zero-order valence-corrected chi connectivity index (χ0v) is 18.8. The summed E-state index contributed by atoms with van der Waals surface area (Å²) in [7, 11) is 1.55. The number of methoxy groups -OCH3 is 1. The van der Waals surface area contributed by atoms with Crippen LogP contribution in [0.1, 0.15) is 26.5 Å². The lowest BCUT2D eigenvalue weighted by Gasteiger charge is -2.12. The fraction of sp³-hybridized carbons (Fsp3) is 0.0800. The molecule has 176 valence electrons. The van der Waals surface area contributed by atoms with Gasteiger partial charge in [-0.3, -0.25) is 4.79 Å². The average Bonchev–Trinajstić information content (AvgIpc) is 2.88. The van der Waals surface area contributed by atoms with Crippen LogP contribution in [0.4, 0.5) is 23.3 Å². The SMILES string of the molecule is COc1ccccc1Nc1nc(N)nc(COC(=O)c2ccccc2NC(=O)c2ccccc2)n1. The van der Waals surface area contributed by atoms with Crippen LogP contribution < -0.4 is 21.1 Å². The summed E-state index contributed by atoms with van der Waals surface area (Å²) in [4.78, 5) is 37.7. The number of aromatic nitrogens is 3. The Labute approximate surface area is 201 Å². The van der Waals surface area contributed by atoms with E-state index in [0.29, 0.717) is 22.7 Å². The zero-order valence-electron chi connectivity index (χ0n) is 18.8. The highest BCUT2D eigenvalue weighted by molar-refractivity contribution is 6.07. The fourth-order valence-electron chi connectivity index (χ4n) is 3.19. The highest BCUT2D eigenvalue weighted by Gasteiger charge is 2.16. The number of nitrogens with zero attached hydrogens (tertiary/aromatic N) is 3. The van der Waals surface area contributed by atoms with Gasteiger partial charge in [0.15, 0.2) is 12.4 Å². The van der Waals surface area contributed by atoms with Crippen molar-refractivity contribution < 1.29 is 19.1 Å². The number of rotatable bonds is 8. The topological polar surface area (TPSA) is 141 Å². The standard InChI is InChI=1S/C25H22N6O4/c1-34-20-14-8-7-13-19(20)28-25-30-21(29-24(26)31-25)15-35-23(33)17-11-5-6-12-18(17)27-22(32)16-9-3-2-4-10-16/h2-14H,15H2,1H3,(H,27,32)(H3,26,28,29,30,31). The van der Waals surface area contributed by atoms with Crippen molar-refractivity contribution in [1.82, 2.24) is 15.0 Å². The Morgan fingerprint density at radius 1 is 0.857 bits per heavy atom. The number of nitrogens with one attached hydrogen (secondary N) is 2. The van der Waals surface area contributed by atoms with Crippen LogP contribution in [0.15, 0.2) is 78.9 Å². The Balaban J connectivity index is 1.46. The Morgan fingerprint density at radius 3 is 2.31 bits per heavy atom. The third-order valence-corrected chi connectivity index (χ3v) is 4.82. The van der Waals surface area contributed by atoms with Crippen LogP contribution >= 0.6 is 0 Å². The van der Waals surface area contributed by atoms with E-state index in [4.69, 9.17) is 15.2 Å². The second-order valence-corrected chi connectivity index (χ2v) is 7.20. The number of carbonyl (C=O) groups is 2. The van der Waals surface area contributed by atoms with Gasteiger partial charge in [0.25, 0.3) is 5.91 Å². The maximum Gasteiger partial charge on any atom is 0.340 e. The van der Waals surface area contributed by atoms with Gasteiger partial charge in [0.2, 0.25) is 11.9 Å². The van der Waals surface area contributed by atoms with Gasteiger partial charge in [0.05, 0.1) is 24.0 Å². The number of ether oxygens (including phenoxy) is 2. The van der Waals surface area contributed by atoms with Crippen molar-refractivity contribution in [3.05, 3.63) is 95.8 Å². The number of amides is 1. The quantitative estimate of drug-likeness (QED) is 0.328. The Morgan fingerprint density at radius 2 is 1.54 bits per heavy atom. The van der Waals surface area contributed by atoms with Gasteiger partial charge in [-0.15, -0.1) is 0 Å². The summed E-state index contributed by atoms with van der Waals surface area (Å²) in [5.41, 5.74) is 7.42. The molecule has 0 aliphatic carbocycles. The van der Waals surface area contributed by atoms with Crippen LogP contribution in [-0.4, -0.2) is 33.9 Å². The molecule has 0 radical (unpaired) electrons. The molecule has 1 amide bonds. The number of para-hydroxylation sites is 3. The monoisotopic (exact) mass is 470 g/mol. The fourth-order valence-corrected chi connectivity index (χ4v) is 3.19. The first kappa shape index (κ1) is 23.2. The van der Waals surface area contributed by atoms with E-state index < -0.39 is 5.97 Å². The molecule has 1 aromatic heterocycles. The van der Waals surface area contributed by atoms with Crippen molar-refractivity contribution in [2.75, 3.05) is 23.5 Å². The third-order valence-electron chi connectivity index (χ3n) is 4.82. The van der Waals surface area contributed by atoms with Crippen LogP contribution in [-0.2, 0) is 11.3 Å². The number of esters is 1. The second kappa shape index (κ2) is 10.8. The third kappa shape index (κ3) is 5.88. The van der Waals surface area contributed by atoms with E-state index in [9.17, 15) is 9.59 Å². The summed E-state index contributed by atoms with van der Waals surface area (Å²) in [5, 5.41) is 5.75. The van der Waals surface area contributed by atoms with Gasteiger partial charge < -0.3 is 25.8 Å². The van der Waals surface area contributed by atoms with Gasteiger partial charge in [-0.25, -0.2) is 4.79 Å². The first-order valence-electron chi connectivity index (χ1n) is 10.6. The van der Waals surface area contributed by atoms with E-state index in [1.807, 2.05) is 18.2 Å². The maximum atomic E-state index is 12.8. The summed E-state index contributed by atoms with van der Waals surface area (Å²) >= 11 is 0. The summed E-state index contributed by atoms with van der Waals surface area (Å²) in [6.07, 6.45) is 0. The first-order valence-corrected chi connectivity index (χ1v) is 10.6. The molecule has 0 aliphatic heterocycles. The predicted molar refractivity (Wildman–Crippen MR) is 130 cm³/mol. The molecule has 4 N–H and O–H groups in total. The van der Waals surface area contributed by atoms with Crippen molar-refractivity contribution in [3.8, 4) is 5.75 Å². The minimum absolute atomic E-state index is 0.0426. The molecule has 10 nitrogen and oxygen atoms in total. The second-order valence-electron chi connectivity index (χ2n) is 7.20. The van der Waals surface area contributed by atoms with Crippen LogP contribution in [0.3, 0.4) is 0 Å². The molecule has 4 rings (SSSR count). The van der Waals surface area contributed by atoms with Crippen LogP contribution in [0, 0.1) is 0 Å². The predicted octanol–water partition coefficient (Wildman–Crippen LogP) is 3.82. The molecule has 0 saturated carbocycles. The van der Waals surface area contributed by atoms with E-state index >= 15 is 0 Å². The number of anilines is 4. The van der Waals surface area contributed by atoms with Crippen molar-refractivity contribution in [2.45, 2.75) is 6.61 Å².